The lowest BCUT2D eigenvalue weighted by atomic mass is 9.85. The Balaban J connectivity index is 0.00000180. The van der Waals surface area contributed by atoms with Gasteiger partial charge >= 0.3 is 0 Å². The first-order valence-electron chi connectivity index (χ1n) is 7.46. The number of hydrogen-bond acceptors (Lipinski definition) is 3. The molecule has 2 rings (SSSR count). The van der Waals surface area contributed by atoms with Gasteiger partial charge in [-0.3, -0.25) is 4.79 Å². The quantitative estimate of drug-likeness (QED) is 0.737. The lowest BCUT2D eigenvalue weighted by Crippen LogP contribution is -2.49. The Kier molecular flexibility index (Phi) is 7.73. The van der Waals surface area contributed by atoms with Gasteiger partial charge in [0.2, 0.25) is 5.91 Å². The molecule has 0 spiro atoms. The lowest BCUT2D eigenvalue weighted by molar-refractivity contribution is -0.124. The highest BCUT2D eigenvalue weighted by molar-refractivity contribution is 5.85. The molecule has 1 saturated carbocycles. The van der Waals surface area contributed by atoms with Crippen LogP contribution in [0.15, 0.2) is 0 Å². The first kappa shape index (κ1) is 16.7. The topological polar surface area (TPSA) is 61.4 Å². The van der Waals surface area contributed by atoms with E-state index >= 15 is 0 Å². The van der Waals surface area contributed by atoms with Crippen LogP contribution >= 0.6 is 12.4 Å². The molecule has 3 N–H and O–H groups in total. The predicted octanol–water partition coefficient (Wildman–Crippen LogP) is 1.61. The molecule has 2 atom stereocenters. The number of nitrogens with one attached hydrogen (secondary N) is 2. The van der Waals surface area contributed by atoms with Crippen molar-refractivity contribution in [1.29, 1.82) is 0 Å². The molecule has 2 fully saturated rings. The van der Waals surface area contributed by atoms with E-state index in [1.54, 1.807) is 0 Å². The summed E-state index contributed by atoms with van der Waals surface area (Å²) in [6, 6.07) is -0.0442. The van der Waals surface area contributed by atoms with Crippen molar-refractivity contribution in [2.45, 2.75) is 63.5 Å². The van der Waals surface area contributed by atoms with E-state index in [4.69, 9.17) is 0 Å². The van der Waals surface area contributed by atoms with Gasteiger partial charge in [0.15, 0.2) is 0 Å². The highest BCUT2D eigenvalue weighted by atomic mass is 35.5. The molecule has 1 aliphatic carbocycles. The first-order valence-corrected chi connectivity index (χ1v) is 7.46. The van der Waals surface area contributed by atoms with Crippen molar-refractivity contribution < 1.29 is 9.90 Å². The van der Waals surface area contributed by atoms with Crippen molar-refractivity contribution in [2.24, 2.45) is 5.92 Å². The van der Waals surface area contributed by atoms with Gasteiger partial charge in [0.25, 0.3) is 0 Å². The lowest BCUT2D eigenvalue weighted by Gasteiger charge is -2.28. The third-order valence-electron chi connectivity index (χ3n) is 4.31. The first-order chi connectivity index (χ1) is 8.77. The molecular formula is C14H27ClN2O2. The number of carbonyl (C=O) groups excluding carboxylic acids is 1. The number of amides is 1. The zero-order valence-corrected chi connectivity index (χ0v) is 12.4. The molecule has 1 aliphatic heterocycles. The Morgan fingerprint density at radius 2 is 1.84 bits per heavy atom. The Hall–Kier alpha value is -0.320. The predicted molar refractivity (Wildman–Crippen MR) is 78.5 cm³/mol. The molecule has 0 aromatic heterocycles. The molecule has 19 heavy (non-hydrogen) atoms. The number of aliphatic hydroxyl groups is 1. The van der Waals surface area contributed by atoms with Crippen molar-refractivity contribution in [1.82, 2.24) is 10.6 Å². The van der Waals surface area contributed by atoms with Crippen LogP contribution in [0.1, 0.15) is 51.4 Å². The smallest absolute Gasteiger partial charge is 0.237 e. The monoisotopic (exact) mass is 290 g/mol. The summed E-state index contributed by atoms with van der Waals surface area (Å²) in [7, 11) is 0. The second-order valence-electron chi connectivity index (χ2n) is 5.71. The Bertz CT molecular complexity index is 264. The van der Waals surface area contributed by atoms with E-state index in [1.165, 1.54) is 19.3 Å². The fraction of sp³-hybridized carbons (Fsp3) is 0.929. The molecule has 0 aromatic rings. The highest BCUT2D eigenvalue weighted by Gasteiger charge is 2.24. The number of aliphatic hydroxyl groups excluding tert-OH is 1. The number of hydrogen-bond donors (Lipinski definition) is 3. The molecule has 4 nitrogen and oxygen atoms in total. The van der Waals surface area contributed by atoms with E-state index in [0.29, 0.717) is 12.5 Å². The van der Waals surface area contributed by atoms with E-state index in [2.05, 4.69) is 10.6 Å². The van der Waals surface area contributed by atoms with Gasteiger partial charge in [-0.2, -0.15) is 0 Å². The van der Waals surface area contributed by atoms with Gasteiger partial charge in [0.1, 0.15) is 0 Å². The molecular weight excluding hydrogens is 264 g/mol. The Morgan fingerprint density at radius 1 is 1.16 bits per heavy atom. The summed E-state index contributed by atoms with van der Waals surface area (Å²) in [4.78, 5) is 11.9. The summed E-state index contributed by atoms with van der Waals surface area (Å²) >= 11 is 0. The van der Waals surface area contributed by atoms with E-state index in [0.717, 1.165) is 38.6 Å². The van der Waals surface area contributed by atoms with E-state index in [1.807, 2.05) is 0 Å². The molecule has 112 valence electrons. The maximum atomic E-state index is 11.9. The van der Waals surface area contributed by atoms with Crippen molar-refractivity contribution >= 4 is 18.3 Å². The third kappa shape index (κ3) is 5.28. The molecule has 1 saturated heterocycles. The summed E-state index contributed by atoms with van der Waals surface area (Å²) in [5, 5.41) is 16.2. The third-order valence-corrected chi connectivity index (χ3v) is 4.31. The largest absolute Gasteiger partial charge is 0.391 e. The second-order valence-corrected chi connectivity index (χ2v) is 5.71. The van der Waals surface area contributed by atoms with Gasteiger partial charge in [-0.25, -0.2) is 0 Å². The van der Waals surface area contributed by atoms with Crippen LogP contribution in [0.3, 0.4) is 0 Å². The van der Waals surface area contributed by atoms with Gasteiger partial charge < -0.3 is 15.7 Å². The molecule has 1 heterocycles. The summed E-state index contributed by atoms with van der Waals surface area (Å²) < 4.78 is 0. The van der Waals surface area contributed by atoms with Crippen LogP contribution in [0.5, 0.6) is 0 Å². The summed E-state index contributed by atoms with van der Waals surface area (Å²) in [5.74, 6) is 0.447. The minimum Gasteiger partial charge on any atom is -0.391 e. The van der Waals surface area contributed by atoms with Crippen molar-refractivity contribution in [2.75, 3.05) is 13.1 Å². The number of halogens is 1. The maximum absolute atomic E-state index is 11.9. The summed E-state index contributed by atoms with van der Waals surface area (Å²) in [6.45, 7) is 1.35. The summed E-state index contributed by atoms with van der Waals surface area (Å²) in [6.07, 6.45) is 8.80. The van der Waals surface area contributed by atoms with Crippen molar-refractivity contribution in [3.05, 3.63) is 0 Å². The zero-order chi connectivity index (χ0) is 12.8. The van der Waals surface area contributed by atoms with Crippen LogP contribution < -0.4 is 10.6 Å². The average Bonchev–Trinajstić information content (AvgIpc) is 2.46. The zero-order valence-electron chi connectivity index (χ0n) is 11.6. The SMILES string of the molecule is Cl.O=C(NCC(O)C1CCCCC1)C1CCCCN1. The molecule has 0 aromatic carbocycles. The Morgan fingerprint density at radius 3 is 2.47 bits per heavy atom. The number of piperidine rings is 1. The minimum absolute atomic E-state index is 0. The normalized spacial score (nSPS) is 26.3. The molecule has 0 bridgehead atoms. The van der Waals surface area contributed by atoms with Crippen LogP contribution in [0.2, 0.25) is 0 Å². The van der Waals surface area contributed by atoms with Crippen LogP contribution in [-0.4, -0.2) is 36.2 Å². The Labute approximate surface area is 122 Å². The second kappa shape index (κ2) is 8.77. The fourth-order valence-corrected chi connectivity index (χ4v) is 3.09. The van der Waals surface area contributed by atoms with E-state index < -0.39 is 0 Å². The number of rotatable bonds is 4. The maximum Gasteiger partial charge on any atom is 0.237 e. The molecule has 2 aliphatic rings. The van der Waals surface area contributed by atoms with Crippen LogP contribution in [0.4, 0.5) is 0 Å². The van der Waals surface area contributed by atoms with Gasteiger partial charge in [0, 0.05) is 6.54 Å². The van der Waals surface area contributed by atoms with Crippen LogP contribution in [0.25, 0.3) is 0 Å². The van der Waals surface area contributed by atoms with Crippen LogP contribution in [0, 0.1) is 5.92 Å². The standard InChI is InChI=1S/C14H26N2O2.ClH/c17-13(11-6-2-1-3-7-11)10-16-14(18)12-8-4-5-9-15-12;/h11-13,15,17H,1-10H2,(H,16,18);1H. The van der Waals surface area contributed by atoms with Crippen LogP contribution in [-0.2, 0) is 4.79 Å². The van der Waals surface area contributed by atoms with Gasteiger partial charge in [-0.15, -0.1) is 12.4 Å². The highest BCUT2D eigenvalue weighted by Crippen LogP contribution is 2.26. The van der Waals surface area contributed by atoms with Crippen molar-refractivity contribution in [3.8, 4) is 0 Å². The molecule has 0 radical (unpaired) electrons. The fourth-order valence-electron chi connectivity index (χ4n) is 3.09. The summed E-state index contributed by atoms with van der Waals surface area (Å²) in [5.41, 5.74) is 0. The average molecular weight is 291 g/mol. The van der Waals surface area contributed by atoms with E-state index in [9.17, 15) is 9.90 Å². The molecule has 5 heteroatoms. The molecule has 2 unspecified atom stereocenters. The van der Waals surface area contributed by atoms with E-state index in [-0.39, 0.29) is 30.5 Å². The molecule has 1 amide bonds. The van der Waals surface area contributed by atoms with Crippen molar-refractivity contribution in [3.63, 3.8) is 0 Å². The minimum atomic E-state index is -0.363. The van der Waals surface area contributed by atoms with Gasteiger partial charge in [-0.05, 0) is 38.1 Å². The number of carbonyl (C=O) groups is 1. The van der Waals surface area contributed by atoms with Gasteiger partial charge in [-0.1, -0.05) is 25.7 Å². The van der Waals surface area contributed by atoms with Gasteiger partial charge in [0.05, 0.1) is 12.1 Å².